The number of amides is 1. The Kier molecular flexibility index (Phi) is 7.46. The monoisotopic (exact) mass is 438 g/mol. The van der Waals surface area contributed by atoms with Crippen molar-refractivity contribution in [3.8, 4) is 5.75 Å². The topological polar surface area (TPSA) is 41.6 Å². The average molecular weight is 439 g/mol. The summed E-state index contributed by atoms with van der Waals surface area (Å²) in [4.78, 5) is 15.8. The van der Waals surface area contributed by atoms with Crippen molar-refractivity contribution < 1.29 is 13.9 Å². The second-order valence-corrected chi connectivity index (χ2v) is 9.36. The van der Waals surface area contributed by atoms with Crippen LogP contribution in [-0.4, -0.2) is 36.5 Å². The van der Waals surface area contributed by atoms with E-state index in [0.717, 1.165) is 55.6 Å². The molecule has 0 radical (unpaired) electrons. The molecule has 2 aliphatic rings. The van der Waals surface area contributed by atoms with Crippen LogP contribution in [0.15, 0.2) is 48.5 Å². The van der Waals surface area contributed by atoms with Crippen molar-refractivity contribution in [2.45, 2.75) is 69.7 Å². The quantitative estimate of drug-likeness (QED) is 0.520. The normalized spacial score (nSPS) is 20.8. The second-order valence-electron chi connectivity index (χ2n) is 9.36. The van der Waals surface area contributed by atoms with E-state index < -0.39 is 5.41 Å². The van der Waals surface area contributed by atoms with Gasteiger partial charge in [-0.2, -0.15) is 0 Å². The first-order valence-corrected chi connectivity index (χ1v) is 12.1. The lowest BCUT2D eigenvalue weighted by atomic mass is 9.78. The number of piperidine rings is 1. The zero-order valence-corrected chi connectivity index (χ0v) is 19.1. The van der Waals surface area contributed by atoms with Crippen molar-refractivity contribution in [2.24, 2.45) is 0 Å². The Morgan fingerprint density at radius 2 is 1.78 bits per heavy atom. The van der Waals surface area contributed by atoms with Crippen molar-refractivity contribution >= 4 is 11.6 Å². The Morgan fingerprint density at radius 1 is 1.06 bits per heavy atom. The number of nitrogens with zero attached hydrogens (tertiary/aromatic N) is 1. The molecule has 1 aliphatic heterocycles. The van der Waals surface area contributed by atoms with Crippen LogP contribution in [0, 0.1) is 5.82 Å². The van der Waals surface area contributed by atoms with E-state index >= 15 is 0 Å². The first-order valence-electron chi connectivity index (χ1n) is 12.1. The molecule has 0 bridgehead atoms. The standard InChI is InChI=1S/C27H35FN2O2/c1-21-7-2-5-18-30(21)19-6-20-32-25-14-12-24(13-15-25)29-26(31)27(16-3-4-17-27)22-8-10-23(28)11-9-22/h8-15,21H,2-7,16-20H2,1H3,(H,29,31)/t21-/m1/s1. The molecule has 32 heavy (non-hydrogen) atoms. The summed E-state index contributed by atoms with van der Waals surface area (Å²) < 4.78 is 19.3. The van der Waals surface area contributed by atoms with E-state index in [2.05, 4.69) is 17.1 Å². The maximum atomic E-state index is 13.4. The van der Waals surface area contributed by atoms with Gasteiger partial charge < -0.3 is 15.0 Å². The second kappa shape index (κ2) is 10.5. The fourth-order valence-corrected chi connectivity index (χ4v) is 5.23. The van der Waals surface area contributed by atoms with Crippen LogP contribution in [0.1, 0.15) is 63.9 Å². The lowest BCUT2D eigenvalue weighted by Gasteiger charge is -2.33. The Morgan fingerprint density at radius 3 is 2.47 bits per heavy atom. The number of benzene rings is 2. The van der Waals surface area contributed by atoms with Crippen LogP contribution in [0.25, 0.3) is 0 Å². The van der Waals surface area contributed by atoms with Gasteiger partial charge in [0.05, 0.1) is 12.0 Å². The summed E-state index contributed by atoms with van der Waals surface area (Å²) in [5, 5.41) is 3.09. The van der Waals surface area contributed by atoms with Gasteiger partial charge in [-0.15, -0.1) is 0 Å². The molecule has 0 unspecified atom stereocenters. The highest BCUT2D eigenvalue weighted by Gasteiger charge is 2.42. The molecule has 172 valence electrons. The molecular formula is C27H35FN2O2. The number of carbonyl (C=O) groups excluding carboxylic acids is 1. The highest BCUT2D eigenvalue weighted by Crippen LogP contribution is 2.42. The van der Waals surface area contributed by atoms with Gasteiger partial charge >= 0.3 is 0 Å². The van der Waals surface area contributed by atoms with Crippen molar-refractivity contribution in [2.75, 3.05) is 25.0 Å². The molecule has 1 N–H and O–H groups in total. The summed E-state index contributed by atoms with van der Waals surface area (Å²) in [6.45, 7) is 5.30. The summed E-state index contributed by atoms with van der Waals surface area (Å²) in [5.74, 6) is 0.540. The number of hydrogen-bond acceptors (Lipinski definition) is 3. The molecule has 4 nitrogen and oxygen atoms in total. The first-order chi connectivity index (χ1) is 15.6. The Hall–Kier alpha value is -2.40. The summed E-state index contributed by atoms with van der Waals surface area (Å²) in [7, 11) is 0. The van der Waals surface area contributed by atoms with Gasteiger partial charge in [-0.05, 0) is 87.5 Å². The lowest BCUT2D eigenvalue weighted by molar-refractivity contribution is -0.121. The van der Waals surface area contributed by atoms with Gasteiger partial charge in [0.2, 0.25) is 5.91 Å². The van der Waals surface area contributed by atoms with Crippen molar-refractivity contribution in [3.05, 3.63) is 59.9 Å². The van der Waals surface area contributed by atoms with Gasteiger partial charge in [0.15, 0.2) is 0 Å². The van der Waals surface area contributed by atoms with Gasteiger partial charge in [-0.3, -0.25) is 4.79 Å². The van der Waals surface area contributed by atoms with E-state index in [-0.39, 0.29) is 11.7 Å². The van der Waals surface area contributed by atoms with E-state index in [0.29, 0.717) is 12.6 Å². The number of likely N-dealkylation sites (tertiary alicyclic amines) is 1. The molecule has 4 rings (SSSR count). The van der Waals surface area contributed by atoms with Crippen LogP contribution in [-0.2, 0) is 10.2 Å². The summed E-state index contributed by atoms with van der Waals surface area (Å²) in [6, 6.07) is 14.7. The van der Waals surface area contributed by atoms with E-state index in [1.165, 1.54) is 37.9 Å². The molecule has 1 heterocycles. The minimum absolute atomic E-state index is 0.00840. The van der Waals surface area contributed by atoms with Gasteiger partial charge in [-0.25, -0.2) is 4.39 Å². The fourth-order valence-electron chi connectivity index (χ4n) is 5.23. The number of nitrogens with one attached hydrogen (secondary N) is 1. The zero-order valence-electron chi connectivity index (χ0n) is 19.1. The molecule has 1 saturated heterocycles. The SMILES string of the molecule is C[C@@H]1CCCCN1CCCOc1ccc(NC(=O)C2(c3ccc(F)cc3)CCCC2)cc1. The minimum atomic E-state index is -0.575. The van der Waals surface area contributed by atoms with Crippen molar-refractivity contribution in [3.63, 3.8) is 0 Å². The van der Waals surface area contributed by atoms with Gasteiger partial charge in [0.1, 0.15) is 11.6 Å². The number of halogens is 1. The Bertz CT molecular complexity index is 876. The largest absolute Gasteiger partial charge is 0.494 e. The van der Waals surface area contributed by atoms with Crippen LogP contribution in [0.3, 0.4) is 0 Å². The number of rotatable bonds is 8. The molecule has 1 amide bonds. The Labute approximate surface area is 191 Å². The summed E-state index contributed by atoms with van der Waals surface area (Å²) in [6.07, 6.45) is 8.58. The highest BCUT2D eigenvalue weighted by atomic mass is 19.1. The van der Waals surface area contributed by atoms with Crippen molar-refractivity contribution in [1.82, 2.24) is 4.90 Å². The highest BCUT2D eigenvalue weighted by molar-refractivity contribution is 5.99. The molecule has 0 spiro atoms. The van der Waals surface area contributed by atoms with Crippen LogP contribution in [0.4, 0.5) is 10.1 Å². The van der Waals surface area contributed by atoms with E-state index in [9.17, 15) is 9.18 Å². The zero-order chi connectivity index (χ0) is 22.4. The van der Waals surface area contributed by atoms with Gasteiger partial charge in [-0.1, -0.05) is 31.4 Å². The van der Waals surface area contributed by atoms with Crippen LogP contribution in [0.5, 0.6) is 5.75 Å². The summed E-state index contributed by atoms with van der Waals surface area (Å²) in [5.41, 5.74) is 1.09. The molecule has 2 aromatic rings. The third-order valence-corrected chi connectivity index (χ3v) is 7.20. The average Bonchev–Trinajstić information content (AvgIpc) is 3.31. The number of hydrogen-bond donors (Lipinski definition) is 1. The van der Waals surface area contributed by atoms with Gasteiger partial charge in [0.25, 0.3) is 0 Å². The van der Waals surface area contributed by atoms with Crippen LogP contribution < -0.4 is 10.1 Å². The van der Waals surface area contributed by atoms with Crippen molar-refractivity contribution in [1.29, 1.82) is 0 Å². The predicted octanol–water partition coefficient (Wildman–Crippen LogP) is 5.92. The predicted molar refractivity (Wildman–Crippen MR) is 127 cm³/mol. The number of anilines is 1. The molecule has 1 saturated carbocycles. The summed E-state index contributed by atoms with van der Waals surface area (Å²) >= 11 is 0. The number of carbonyl (C=O) groups is 1. The Balaban J connectivity index is 1.30. The molecular weight excluding hydrogens is 403 g/mol. The molecule has 0 aromatic heterocycles. The lowest BCUT2D eigenvalue weighted by Crippen LogP contribution is -2.38. The van der Waals surface area contributed by atoms with E-state index in [1.807, 2.05) is 24.3 Å². The number of ether oxygens (including phenoxy) is 1. The molecule has 2 fully saturated rings. The first kappa shape index (κ1) is 22.8. The molecule has 2 aromatic carbocycles. The maximum absolute atomic E-state index is 13.4. The third-order valence-electron chi connectivity index (χ3n) is 7.20. The van der Waals surface area contributed by atoms with Crippen LogP contribution >= 0.6 is 0 Å². The molecule has 1 atom stereocenters. The van der Waals surface area contributed by atoms with Gasteiger partial charge in [0, 0.05) is 18.3 Å². The fraction of sp³-hybridized carbons (Fsp3) is 0.519. The third kappa shape index (κ3) is 5.32. The van der Waals surface area contributed by atoms with E-state index in [4.69, 9.17) is 4.74 Å². The smallest absolute Gasteiger partial charge is 0.235 e. The minimum Gasteiger partial charge on any atom is -0.494 e. The van der Waals surface area contributed by atoms with Crippen LogP contribution in [0.2, 0.25) is 0 Å². The van der Waals surface area contributed by atoms with E-state index in [1.54, 1.807) is 12.1 Å². The molecule has 1 aliphatic carbocycles. The maximum Gasteiger partial charge on any atom is 0.235 e. The molecule has 5 heteroatoms.